The van der Waals surface area contributed by atoms with Crippen molar-refractivity contribution < 1.29 is 33.4 Å². The van der Waals surface area contributed by atoms with E-state index in [0.29, 0.717) is 12.5 Å². The third kappa shape index (κ3) is 13.7. The Morgan fingerprint density at radius 3 is 1.85 bits per heavy atom. The van der Waals surface area contributed by atoms with Crippen LogP contribution in [0.3, 0.4) is 0 Å². The molecule has 0 unspecified atom stereocenters. The number of cyclic esters (lactones) is 2. The first kappa shape index (κ1) is 45.0. The van der Waals surface area contributed by atoms with Gasteiger partial charge in [0.25, 0.3) is 5.91 Å². The third-order valence-electron chi connectivity index (χ3n) is 9.99. The average molecular weight is 821 g/mol. The van der Waals surface area contributed by atoms with Crippen LogP contribution >= 0.6 is 0 Å². The monoisotopic (exact) mass is 820 g/mol. The first-order valence-corrected chi connectivity index (χ1v) is 24.0. The van der Waals surface area contributed by atoms with E-state index < -0.39 is 20.3 Å². The molecule has 3 saturated heterocycles. The first-order valence-electron chi connectivity index (χ1n) is 20.3. The molecule has 0 aromatic heterocycles. The molecular formula is C47H60N4O7Si. The molecule has 3 aliphatic heterocycles. The first-order chi connectivity index (χ1) is 28.5. The Bertz CT molecular complexity index is 1910. The van der Waals surface area contributed by atoms with Crippen LogP contribution < -0.4 is 0 Å². The quantitative estimate of drug-likeness (QED) is 0.0744. The minimum absolute atomic E-state index is 0.0180. The zero-order valence-electron chi connectivity index (χ0n) is 35.3. The molecule has 4 atom stereocenters. The molecule has 0 saturated carbocycles. The average Bonchev–Trinajstić information content (AvgIpc) is 3.91. The van der Waals surface area contributed by atoms with E-state index in [-0.39, 0.29) is 30.7 Å². The van der Waals surface area contributed by atoms with Crippen LogP contribution in [-0.2, 0) is 36.9 Å². The summed E-state index contributed by atoms with van der Waals surface area (Å²) in [6, 6.07) is 39.8. The fourth-order valence-corrected chi connectivity index (χ4v) is 8.92. The van der Waals surface area contributed by atoms with Gasteiger partial charge in [-0.25, -0.2) is 14.5 Å². The Hall–Kier alpha value is -5.11. The van der Waals surface area contributed by atoms with Gasteiger partial charge in [0.15, 0.2) is 0 Å². The van der Waals surface area contributed by atoms with Crippen molar-refractivity contribution in [2.24, 2.45) is 5.92 Å². The molecule has 3 aliphatic rings. The second-order valence-electron chi connectivity index (χ2n) is 16.3. The van der Waals surface area contributed by atoms with Gasteiger partial charge in [-0.1, -0.05) is 154 Å². The van der Waals surface area contributed by atoms with Crippen molar-refractivity contribution in [3.63, 3.8) is 0 Å². The molecule has 0 bridgehead atoms. The van der Waals surface area contributed by atoms with Crippen molar-refractivity contribution in [3.8, 4) is 0 Å². The number of likely N-dealkylation sites (tertiary alicyclic amines) is 1. The van der Waals surface area contributed by atoms with Crippen molar-refractivity contribution in [1.29, 1.82) is 0 Å². The molecule has 314 valence electrons. The Kier molecular flexibility index (Phi) is 17.0. The minimum Gasteiger partial charge on any atom is -0.446 e. The lowest BCUT2D eigenvalue weighted by Gasteiger charge is -2.28. The number of methoxy groups -OCH3 is 1. The molecule has 0 radical (unpaired) electrons. The van der Waals surface area contributed by atoms with Crippen molar-refractivity contribution in [2.45, 2.75) is 64.8 Å². The summed E-state index contributed by atoms with van der Waals surface area (Å²) in [4.78, 5) is 47.6. The Balaban J connectivity index is 0.000000176. The third-order valence-corrected chi connectivity index (χ3v) is 11.4. The largest absolute Gasteiger partial charge is 0.446 e. The van der Waals surface area contributed by atoms with Crippen LogP contribution in [0.15, 0.2) is 133 Å². The number of carbonyl (C=O) groups is 3. The molecule has 7 rings (SSSR count). The number of rotatable bonds is 13. The van der Waals surface area contributed by atoms with E-state index in [9.17, 15) is 14.4 Å². The number of hydrogen-bond acceptors (Lipinski definition) is 9. The molecule has 11 nitrogen and oxygen atoms in total. The van der Waals surface area contributed by atoms with Gasteiger partial charge in [-0.05, 0) is 47.3 Å². The van der Waals surface area contributed by atoms with E-state index in [4.69, 9.17) is 19.0 Å². The van der Waals surface area contributed by atoms with Crippen LogP contribution in [0.1, 0.15) is 48.2 Å². The van der Waals surface area contributed by atoms with Crippen molar-refractivity contribution in [3.05, 3.63) is 156 Å². The lowest BCUT2D eigenvalue weighted by molar-refractivity contribution is -0.178. The number of hydrogen-bond donors (Lipinski definition) is 0. The summed E-state index contributed by atoms with van der Waals surface area (Å²) in [6.07, 6.45) is 3.15. The number of allylic oxidation sites excluding steroid dienone is 1. The zero-order chi connectivity index (χ0) is 42.2. The summed E-state index contributed by atoms with van der Waals surface area (Å²) in [5, 5.41) is 1.43. The molecule has 12 heteroatoms. The second kappa shape index (κ2) is 22.3. The number of benzene rings is 4. The molecule has 0 N–H and O–H groups in total. The highest BCUT2D eigenvalue weighted by Gasteiger charge is 2.41. The van der Waals surface area contributed by atoms with Crippen LogP contribution in [0.5, 0.6) is 0 Å². The summed E-state index contributed by atoms with van der Waals surface area (Å²) in [5.74, 6) is 0.00684. The standard InChI is InChI=1S/C21H24N2O3.C13H13NO3.C13H23NOSi/c1-16-12-22(13-17-8-4-2-5-9-17)14-20(16)26-23-19(15-25-21(23)24)18-10-6-3-7-11-18;1-2-6-12(15)14-11(9-17-13(14)16)10-7-4-3-5-8-10;1-15-11-14(12-16(2,3)4)10-13-8-6-5-7-9-13/h2-11,16,19-20H,12-15H2,1H3;2-8,11H,9H2,1H3;5-9H,10-12H2,1-4H3/b;6-2+;/t16-,19+,20-;11-;/m10./s1. The highest BCUT2D eigenvalue weighted by molar-refractivity contribution is 6.76. The van der Waals surface area contributed by atoms with Gasteiger partial charge in [0.1, 0.15) is 31.4 Å². The van der Waals surface area contributed by atoms with Gasteiger partial charge in [-0.15, -0.1) is 0 Å². The molecule has 3 heterocycles. The van der Waals surface area contributed by atoms with Crippen LogP contribution in [0, 0.1) is 5.92 Å². The predicted molar refractivity (Wildman–Crippen MR) is 232 cm³/mol. The van der Waals surface area contributed by atoms with Gasteiger partial charge in [-0.2, -0.15) is 5.06 Å². The van der Waals surface area contributed by atoms with Gasteiger partial charge in [0.05, 0.1) is 14.8 Å². The Labute approximate surface area is 351 Å². The maximum Gasteiger partial charge on any atom is 0.434 e. The van der Waals surface area contributed by atoms with Gasteiger partial charge in [-0.3, -0.25) is 19.4 Å². The predicted octanol–water partition coefficient (Wildman–Crippen LogP) is 8.88. The van der Waals surface area contributed by atoms with E-state index in [0.717, 1.165) is 48.9 Å². The highest BCUT2D eigenvalue weighted by atomic mass is 28.3. The number of hydroxylamine groups is 2. The Morgan fingerprint density at radius 2 is 1.29 bits per heavy atom. The van der Waals surface area contributed by atoms with Crippen molar-refractivity contribution in [2.75, 3.05) is 46.3 Å². The van der Waals surface area contributed by atoms with Gasteiger partial charge in [0.2, 0.25) is 0 Å². The maximum atomic E-state index is 12.2. The SMILES string of the molecule is C/C=C/C(=O)N1C(=O)OC[C@H]1c1ccccc1.COCN(Cc1ccccc1)C[Si](C)(C)C.C[C@@H]1CN(Cc2ccccc2)C[C@H]1ON1C(=O)OC[C@H]1c1ccccc1. The fourth-order valence-electron chi connectivity index (χ4n) is 7.37. The van der Waals surface area contributed by atoms with Gasteiger partial charge in [0, 0.05) is 33.3 Å². The summed E-state index contributed by atoms with van der Waals surface area (Å²) < 4.78 is 15.5. The van der Waals surface area contributed by atoms with Gasteiger partial charge < -0.3 is 14.2 Å². The lowest BCUT2D eigenvalue weighted by atomic mass is 10.1. The van der Waals surface area contributed by atoms with Gasteiger partial charge >= 0.3 is 12.2 Å². The highest BCUT2D eigenvalue weighted by Crippen LogP contribution is 2.32. The van der Waals surface area contributed by atoms with Crippen LogP contribution in [0.25, 0.3) is 0 Å². The lowest BCUT2D eigenvalue weighted by Crippen LogP contribution is -2.40. The van der Waals surface area contributed by atoms with E-state index in [2.05, 4.69) is 91.0 Å². The number of carbonyl (C=O) groups excluding carboxylic acids is 3. The molecule has 4 aromatic rings. The molecule has 3 amide bonds. The summed E-state index contributed by atoms with van der Waals surface area (Å²) in [7, 11) is 0.701. The molecule has 4 aromatic carbocycles. The molecule has 0 spiro atoms. The second-order valence-corrected chi connectivity index (χ2v) is 21.7. The molecular weight excluding hydrogens is 761 g/mol. The smallest absolute Gasteiger partial charge is 0.434 e. The van der Waals surface area contributed by atoms with Crippen LogP contribution in [0.4, 0.5) is 9.59 Å². The number of amides is 3. The topological polar surface area (TPSA) is 101 Å². The van der Waals surface area contributed by atoms with Crippen LogP contribution in [0.2, 0.25) is 19.6 Å². The molecule has 0 aliphatic carbocycles. The van der Waals surface area contributed by atoms with Crippen molar-refractivity contribution >= 4 is 26.2 Å². The normalized spacial score (nSPS) is 20.5. The van der Waals surface area contributed by atoms with Crippen molar-refractivity contribution in [1.82, 2.24) is 19.8 Å². The van der Waals surface area contributed by atoms with E-state index in [1.807, 2.05) is 66.7 Å². The van der Waals surface area contributed by atoms with Crippen LogP contribution in [-0.4, -0.2) is 98.3 Å². The number of ether oxygens (including phenoxy) is 3. The molecule has 3 fully saturated rings. The molecule has 59 heavy (non-hydrogen) atoms. The minimum atomic E-state index is -1.07. The maximum absolute atomic E-state index is 12.2. The zero-order valence-corrected chi connectivity index (χ0v) is 36.3. The van der Waals surface area contributed by atoms with E-state index in [1.54, 1.807) is 20.1 Å². The number of nitrogens with zero attached hydrogens (tertiary/aromatic N) is 4. The number of imide groups is 1. The van der Waals surface area contributed by atoms with E-state index in [1.165, 1.54) is 28.4 Å². The summed E-state index contributed by atoms with van der Waals surface area (Å²) in [5.41, 5.74) is 4.59. The Morgan fingerprint density at radius 1 is 0.763 bits per heavy atom. The fraction of sp³-hybridized carbons (Fsp3) is 0.383. The summed E-state index contributed by atoms with van der Waals surface area (Å²) in [6.45, 7) is 16.0. The van der Waals surface area contributed by atoms with E-state index >= 15 is 0 Å². The summed E-state index contributed by atoms with van der Waals surface area (Å²) >= 11 is 0.